The molecule has 1 N–H and O–H groups in total. The molecule has 0 unspecified atom stereocenters. The summed E-state index contributed by atoms with van der Waals surface area (Å²) in [5.74, 6) is -0.0558. The Morgan fingerprint density at radius 2 is 1.74 bits per heavy atom. The van der Waals surface area contributed by atoms with Crippen LogP contribution in [0, 0.1) is 6.92 Å². The van der Waals surface area contributed by atoms with Gasteiger partial charge in [0.15, 0.2) is 0 Å². The molecule has 3 aromatic rings. The molecule has 2 aromatic carbocycles. The molecule has 0 atom stereocenters. The van der Waals surface area contributed by atoms with Gasteiger partial charge in [-0.15, -0.1) is 0 Å². The first-order chi connectivity index (χ1) is 11.2. The number of nitrogens with one attached hydrogen (secondary N) is 1. The van der Waals surface area contributed by atoms with Crippen LogP contribution in [0.15, 0.2) is 67.3 Å². The van der Waals surface area contributed by atoms with Gasteiger partial charge >= 0.3 is 0 Å². The number of aromatic nitrogens is 2. The number of carbonyl (C=O) groups is 1. The molecule has 0 aliphatic heterocycles. The molecular weight excluding hydrogens is 286 g/mol. The van der Waals surface area contributed by atoms with Gasteiger partial charge in [-0.1, -0.05) is 42.0 Å². The molecular formula is C19H19N3O. The maximum absolute atomic E-state index is 12.2. The lowest BCUT2D eigenvalue weighted by Crippen LogP contribution is -2.22. The van der Waals surface area contributed by atoms with E-state index in [1.54, 1.807) is 12.5 Å². The van der Waals surface area contributed by atoms with Crippen LogP contribution >= 0.6 is 0 Å². The lowest BCUT2D eigenvalue weighted by molar-refractivity contribution is 0.0951. The van der Waals surface area contributed by atoms with Crippen molar-refractivity contribution >= 4 is 5.91 Å². The highest BCUT2D eigenvalue weighted by molar-refractivity contribution is 5.94. The Hall–Kier alpha value is -2.88. The van der Waals surface area contributed by atoms with E-state index in [0.717, 1.165) is 17.7 Å². The quantitative estimate of drug-likeness (QED) is 0.787. The summed E-state index contributed by atoms with van der Waals surface area (Å²) in [5, 5.41) is 2.95. The zero-order chi connectivity index (χ0) is 16.1. The predicted octanol–water partition coefficient (Wildman–Crippen LogP) is 3.17. The van der Waals surface area contributed by atoms with Crippen LogP contribution in [0.4, 0.5) is 0 Å². The van der Waals surface area contributed by atoms with Gasteiger partial charge in [0, 0.05) is 31.0 Å². The van der Waals surface area contributed by atoms with Crippen LogP contribution in [-0.4, -0.2) is 15.5 Å². The maximum atomic E-state index is 12.2. The normalized spacial score (nSPS) is 10.5. The molecule has 0 aliphatic carbocycles. The minimum absolute atomic E-state index is 0.0558. The van der Waals surface area contributed by atoms with Crippen LogP contribution in [-0.2, 0) is 13.1 Å². The minimum atomic E-state index is -0.0558. The van der Waals surface area contributed by atoms with Gasteiger partial charge < -0.3 is 9.88 Å². The molecule has 0 aliphatic rings. The van der Waals surface area contributed by atoms with Crippen LogP contribution in [0.1, 0.15) is 27.0 Å². The molecule has 0 radical (unpaired) electrons. The van der Waals surface area contributed by atoms with Gasteiger partial charge in [-0.25, -0.2) is 4.98 Å². The van der Waals surface area contributed by atoms with Crippen LogP contribution in [0.2, 0.25) is 0 Å². The average Bonchev–Trinajstić information content (AvgIpc) is 3.08. The van der Waals surface area contributed by atoms with E-state index in [2.05, 4.69) is 10.3 Å². The summed E-state index contributed by atoms with van der Waals surface area (Å²) in [5.41, 5.74) is 4.12. The molecule has 0 saturated carbocycles. The molecule has 3 rings (SSSR count). The van der Waals surface area contributed by atoms with Gasteiger partial charge in [0.1, 0.15) is 0 Å². The van der Waals surface area contributed by atoms with Gasteiger partial charge in [0.25, 0.3) is 5.91 Å². The van der Waals surface area contributed by atoms with E-state index in [9.17, 15) is 4.79 Å². The number of aryl methyl sites for hydroxylation is 1. The van der Waals surface area contributed by atoms with Crippen LogP contribution in [0.25, 0.3) is 0 Å². The first-order valence-electron chi connectivity index (χ1n) is 7.59. The number of benzene rings is 2. The third-order valence-electron chi connectivity index (χ3n) is 3.71. The average molecular weight is 305 g/mol. The molecule has 4 nitrogen and oxygen atoms in total. The monoisotopic (exact) mass is 305 g/mol. The van der Waals surface area contributed by atoms with E-state index in [4.69, 9.17) is 0 Å². The Bertz CT molecular complexity index is 759. The fourth-order valence-electron chi connectivity index (χ4n) is 2.34. The molecule has 1 aromatic heterocycles. The summed E-state index contributed by atoms with van der Waals surface area (Å²) < 4.78 is 1.99. The van der Waals surface area contributed by atoms with Crippen molar-refractivity contribution in [3.63, 3.8) is 0 Å². The van der Waals surface area contributed by atoms with Crippen molar-refractivity contribution in [1.82, 2.24) is 14.9 Å². The summed E-state index contributed by atoms with van der Waals surface area (Å²) in [6, 6.07) is 15.8. The second-order valence-electron chi connectivity index (χ2n) is 5.60. The number of nitrogens with zero attached hydrogens (tertiary/aromatic N) is 2. The molecule has 0 bridgehead atoms. The Kier molecular flexibility index (Phi) is 4.52. The lowest BCUT2D eigenvalue weighted by atomic mass is 10.1. The van der Waals surface area contributed by atoms with E-state index >= 15 is 0 Å². The van der Waals surface area contributed by atoms with Crippen molar-refractivity contribution in [2.24, 2.45) is 0 Å². The summed E-state index contributed by atoms with van der Waals surface area (Å²) in [4.78, 5) is 16.2. The van der Waals surface area contributed by atoms with Crippen molar-refractivity contribution in [3.05, 3.63) is 89.5 Å². The van der Waals surface area contributed by atoms with Gasteiger partial charge in [0.05, 0.1) is 6.33 Å². The summed E-state index contributed by atoms with van der Waals surface area (Å²) in [6.45, 7) is 3.34. The zero-order valence-electron chi connectivity index (χ0n) is 13.1. The number of imidazole rings is 1. The Morgan fingerprint density at radius 3 is 2.39 bits per heavy atom. The van der Waals surface area contributed by atoms with Gasteiger partial charge in [-0.3, -0.25) is 4.79 Å². The lowest BCUT2D eigenvalue weighted by Gasteiger charge is -2.07. The van der Waals surface area contributed by atoms with Crippen LogP contribution < -0.4 is 5.32 Å². The Balaban J connectivity index is 1.58. The molecule has 1 amide bonds. The predicted molar refractivity (Wildman–Crippen MR) is 90.1 cm³/mol. The van der Waals surface area contributed by atoms with E-state index in [-0.39, 0.29) is 5.91 Å². The molecule has 23 heavy (non-hydrogen) atoms. The smallest absolute Gasteiger partial charge is 0.251 e. The summed E-state index contributed by atoms with van der Waals surface area (Å²) >= 11 is 0. The van der Waals surface area contributed by atoms with Gasteiger partial charge in [-0.05, 0) is 30.2 Å². The largest absolute Gasteiger partial charge is 0.348 e. The van der Waals surface area contributed by atoms with E-state index < -0.39 is 0 Å². The van der Waals surface area contributed by atoms with Crippen molar-refractivity contribution in [2.45, 2.75) is 20.0 Å². The highest BCUT2D eigenvalue weighted by atomic mass is 16.1. The van der Waals surface area contributed by atoms with Gasteiger partial charge in [-0.2, -0.15) is 0 Å². The van der Waals surface area contributed by atoms with E-state index in [1.165, 1.54) is 5.56 Å². The van der Waals surface area contributed by atoms with Crippen LogP contribution in [0.5, 0.6) is 0 Å². The van der Waals surface area contributed by atoms with Crippen molar-refractivity contribution in [2.75, 3.05) is 0 Å². The summed E-state index contributed by atoms with van der Waals surface area (Å²) in [7, 11) is 0. The third kappa shape index (κ3) is 4.07. The second kappa shape index (κ2) is 6.92. The van der Waals surface area contributed by atoms with E-state index in [1.807, 2.05) is 66.2 Å². The zero-order valence-corrected chi connectivity index (χ0v) is 13.1. The number of carbonyl (C=O) groups excluding carboxylic acids is 1. The number of hydrogen-bond acceptors (Lipinski definition) is 2. The fourth-order valence-corrected chi connectivity index (χ4v) is 2.34. The van der Waals surface area contributed by atoms with Crippen molar-refractivity contribution < 1.29 is 4.79 Å². The van der Waals surface area contributed by atoms with Crippen LogP contribution in [0.3, 0.4) is 0 Å². The topological polar surface area (TPSA) is 46.9 Å². The summed E-state index contributed by atoms with van der Waals surface area (Å²) in [6.07, 6.45) is 5.46. The van der Waals surface area contributed by atoms with Crippen molar-refractivity contribution in [1.29, 1.82) is 0 Å². The number of rotatable bonds is 5. The third-order valence-corrected chi connectivity index (χ3v) is 3.71. The maximum Gasteiger partial charge on any atom is 0.251 e. The molecule has 1 heterocycles. The first-order valence-corrected chi connectivity index (χ1v) is 7.59. The molecule has 0 fully saturated rings. The van der Waals surface area contributed by atoms with Crippen molar-refractivity contribution in [3.8, 4) is 0 Å². The fraction of sp³-hybridized carbons (Fsp3) is 0.158. The first kappa shape index (κ1) is 15.0. The second-order valence-corrected chi connectivity index (χ2v) is 5.60. The molecule has 116 valence electrons. The highest BCUT2D eigenvalue weighted by Gasteiger charge is 2.05. The highest BCUT2D eigenvalue weighted by Crippen LogP contribution is 2.08. The number of hydrogen-bond donors (Lipinski definition) is 1. The SMILES string of the molecule is Cc1ccc(CNC(=O)c2ccc(Cn3ccnc3)cc2)cc1. The Labute approximate surface area is 135 Å². The Morgan fingerprint density at radius 1 is 1.04 bits per heavy atom. The minimum Gasteiger partial charge on any atom is -0.348 e. The molecule has 4 heteroatoms. The molecule has 0 saturated heterocycles. The van der Waals surface area contributed by atoms with E-state index in [0.29, 0.717) is 12.1 Å². The standard InChI is InChI=1S/C19H19N3O/c1-15-2-4-16(5-3-15)12-21-19(23)18-8-6-17(7-9-18)13-22-11-10-20-14-22/h2-11,14H,12-13H2,1H3,(H,21,23). The van der Waals surface area contributed by atoms with Gasteiger partial charge in [0.2, 0.25) is 0 Å². The molecule has 0 spiro atoms. The number of amides is 1.